The van der Waals surface area contributed by atoms with E-state index >= 15 is 0 Å². The van der Waals surface area contributed by atoms with Crippen molar-refractivity contribution in [3.05, 3.63) is 47.8 Å². The molecule has 1 aromatic carbocycles. The molecule has 6 heteroatoms. The van der Waals surface area contributed by atoms with Gasteiger partial charge in [0.25, 0.3) is 5.91 Å². The normalized spacial score (nSPS) is 16.8. The van der Waals surface area contributed by atoms with Gasteiger partial charge in [-0.3, -0.25) is 9.69 Å². The summed E-state index contributed by atoms with van der Waals surface area (Å²) in [6.45, 7) is 8.82. The SMILES string of the molecule is CCCCN1CCN(C(=O)c2cn(C(C)c3ccccc3)nn2)CC1. The monoisotopic (exact) mass is 341 g/mol. The van der Waals surface area contributed by atoms with Gasteiger partial charge in [0, 0.05) is 26.2 Å². The third-order valence-corrected chi connectivity index (χ3v) is 4.90. The molecule has 6 nitrogen and oxygen atoms in total. The van der Waals surface area contributed by atoms with E-state index in [-0.39, 0.29) is 11.9 Å². The molecule has 0 spiro atoms. The molecule has 1 atom stereocenters. The summed E-state index contributed by atoms with van der Waals surface area (Å²) in [6, 6.07) is 10.2. The maximum Gasteiger partial charge on any atom is 0.276 e. The molecule has 1 saturated heterocycles. The zero-order valence-corrected chi connectivity index (χ0v) is 15.1. The summed E-state index contributed by atoms with van der Waals surface area (Å²) in [6.07, 6.45) is 4.20. The largest absolute Gasteiger partial charge is 0.335 e. The predicted octanol–water partition coefficient (Wildman–Crippen LogP) is 2.45. The van der Waals surface area contributed by atoms with Gasteiger partial charge in [0.05, 0.1) is 12.2 Å². The average molecular weight is 341 g/mol. The fourth-order valence-electron chi connectivity index (χ4n) is 3.17. The lowest BCUT2D eigenvalue weighted by Crippen LogP contribution is -2.48. The Balaban J connectivity index is 1.60. The first-order valence-corrected chi connectivity index (χ1v) is 9.17. The van der Waals surface area contributed by atoms with Crippen molar-refractivity contribution in [2.24, 2.45) is 0 Å². The van der Waals surface area contributed by atoms with Crippen LogP contribution in [0.4, 0.5) is 0 Å². The summed E-state index contributed by atoms with van der Waals surface area (Å²) in [5.74, 6) is -0.0124. The zero-order chi connectivity index (χ0) is 17.6. The fraction of sp³-hybridized carbons (Fsp3) is 0.526. The maximum atomic E-state index is 12.7. The molecule has 0 saturated carbocycles. The first-order valence-electron chi connectivity index (χ1n) is 9.17. The molecule has 134 valence electrons. The number of benzene rings is 1. The molecule has 0 N–H and O–H groups in total. The van der Waals surface area contributed by atoms with Crippen LogP contribution in [0.15, 0.2) is 36.5 Å². The van der Waals surface area contributed by atoms with Gasteiger partial charge in [-0.15, -0.1) is 5.10 Å². The molecule has 2 aromatic rings. The fourth-order valence-corrected chi connectivity index (χ4v) is 3.17. The Labute approximate surface area is 149 Å². The molecule has 1 unspecified atom stereocenters. The van der Waals surface area contributed by atoms with Crippen LogP contribution in [0, 0.1) is 0 Å². The highest BCUT2D eigenvalue weighted by atomic mass is 16.2. The Morgan fingerprint density at radius 3 is 2.56 bits per heavy atom. The van der Waals surface area contributed by atoms with Gasteiger partial charge >= 0.3 is 0 Å². The second-order valence-corrected chi connectivity index (χ2v) is 6.66. The van der Waals surface area contributed by atoms with E-state index in [1.165, 1.54) is 12.8 Å². The van der Waals surface area contributed by atoms with Crippen molar-refractivity contribution >= 4 is 5.91 Å². The topological polar surface area (TPSA) is 54.3 Å². The van der Waals surface area contributed by atoms with Crippen LogP contribution in [0.3, 0.4) is 0 Å². The molecule has 0 aliphatic carbocycles. The van der Waals surface area contributed by atoms with Gasteiger partial charge in [-0.1, -0.05) is 48.9 Å². The van der Waals surface area contributed by atoms with E-state index in [0.29, 0.717) is 5.69 Å². The summed E-state index contributed by atoms with van der Waals surface area (Å²) in [7, 11) is 0. The summed E-state index contributed by atoms with van der Waals surface area (Å²) in [4.78, 5) is 17.0. The molecule has 0 bridgehead atoms. The van der Waals surface area contributed by atoms with Crippen molar-refractivity contribution in [1.82, 2.24) is 24.8 Å². The molecular formula is C19H27N5O. The minimum absolute atomic E-state index is 0.0124. The van der Waals surface area contributed by atoms with Crippen LogP contribution in [0.2, 0.25) is 0 Å². The van der Waals surface area contributed by atoms with Crippen molar-refractivity contribution in [1.29, 1.82) is 0 Å². The molecule has 1 amide bonds. The van der Waals surface area contributed by atoms with E-state index in [1.54, 1.807) is 10.9 Å². The lowest BCUT2D eigenvalue weighted by molar-refractivity contribution is 0.0630. The number of hydrogen-bond acceptors (Lipinski definition) is 4. The van der Waals surface area contributed by atoms with Gasteiger partial charge in [-0.05, 0) is 25.5 Å². The second kappa shape index (κ2) is 8.25. The van der Waals surface area contributed by atoms with Crippen LogP contribution in [-0.4, -0.2) is 63.4 Å². The lowest BCUT2D eigenvalue weighted by atomic mass is 10.1. The number of piperazine rings is 1. The Morgan fingerprint density at radius 2 is 1.88 bits per heavy atom. The van der Waals surface area contributed by atoms with Crippen LogP contribution in [-0.2, 0) is 0 Å². The predicted molar refractivity (Wildman–Crippen MR) is 97.5 cm³/mol. The van der Waals surface area contributed by atoms with E-state index in [4.69, 9.17) is 0 Å². The van der Waals surface area contributed by atoms with Crippen LogP contribution >= 0.6 is 0 Å². The van der Waals surface area contributed by atoms with Gasteiger partial charge in [-0.2, -0.15) is 0 Å². The highest BCUT2D eigenvalue weighted by Gasteiger charge is 2.24. The molecule has 1 aliphatic heterocycles. The summed E-state index contributed by atoms with van der Waals surface area (Å²) >= 11 is 0. The molecular weight excluding hydrogens is 314 g/mol. The van der Waals surface area contributed by atoms with Gasteiger partial charge < -0.3 is 4.90 Å². The number of carbonyl (C=O) groups excluding carboxylic acids is 1. The molecule has 3 rings (SSSR count). The Bertz CT molecular complexity index is 676. The van der Waals surface area contributed by atoms with E-state index in [9.17, 15) is 4.79 Å². The first-order chi connectivity index (χ1) is 12.2. The van der Waals surface area contributed by atoms with Gasteiger partial charge in [0.15, 0.2) is 5.69 Å². The quantitative estimate of drug-likeness (QED) is 0.810. The van der Waals surface area contributed by atoms with Crippen molar-refractivity contribution in [3.63, 3.8) is 0 Å². The zero-order valence-electron chi connectivity index (χ0n) is 15.1. The van der Waals surface area contributed by atoms with Crippen LogP contribution in [0.25, 0.3) is 0 Å². The third-order valence-electron chi connectivity index (χ3n) is 4.90. The number of carbonyl (C=O) groups is 1. The van der Waals surface area contributed by atoms with E-state index < -0.39 is 0 Å². The van der Waals surface area contributed by atoms with E-state index in [0.717, 1.165) is 38.3 Å². The van der Waals surface area contributed by atoms with Crippen LogP contribution in [0.5, 0.6) is 0 Å². The van der Waals surface area contributed by atoms with Crippen molar-refractivity contribution in [2.45, 2.75) is 32.7 Å². The number of unbranched alkanes of at least 4 members (excludes halogenated alkanes) is 1. The minimum Gasteiger partial charge on any atom is -0.335 e. The number of rotatable bonds is 6. The van der Waals surface area contributed by atoms with Gasteiger partial charge in [-0.25, -0.2) is 4.68 Å². The third kappa shape index (κ3) is 4.25. The molecule has 1 aromatic heterocycles. The first kappa shape index (κ1) is 17.6. The molecule has 25 heavy (non-hydrogen) atoms. The molecule has 1 aliphatic rings. The van der Waals surface area contributed by atoms with Crippen molar-refractivity contribution < 1.29 is 4.79 Å². The molecule has 0 radical (unpaired) electrons. The highest BCUT2D eigenvalue weighted by molar-refractivity contribution is 5.92. The smallest absolute Gasteiger partial charge is 0.276 e. The minimum atomic E-state index is -0.0124. The van der Waals surface area contributed by atoms with Gasteiger partial charge in [0.2, 0.25) is 0 Å². The highest BCUT2D eigenvalue weighted by Crippen LogP contribution is 2.17. The van der Waals surface area contributed by atoms with Crippen molar-refractivity contribution in [3.8, 4) is 0 Å². The Morgan fingerprint density at radius 1 is 1.16 bits per heavy atom. The number of aromatic nitrogens is 3. The van der Waals surface area contributed by atoms with Crippen LogP contribution < -0.4 is 0 Å². The second-order valence-electron chi connectivity index (χ2n) is 6.66. The summed E-state index contributed by atoms with van der Waals surface area (Å²) in [5.41, 5.74) is 1.58. The number of hydrogen-bond donors (Lipinski definition) is 0. The average Bonchev–Trinajstić information content (AvgIpc) is 3.16. The number of nitrogens with zero attached hydrogens (tertiary/aromatic N) is 5. The summed E-state index contributed by atoms with van der Waals surface area (Å²) in [5, 5.41) is 8.29. The van der Waals surface area contributed by atoms with Gasteiger partial charge in [0.1, 0.15) is 0 Å². The Kier molecular flexibility index (Phi) is 5.81. The van der Waals surface area contributed by atoms with Crippen LogP contribution in [0.1, 0.15) is 48.8 Å². The maximum absolute atomic E-state index is 12.7. The lowest BCUT2D eigenvalue weighted by Gasteiger charge is -2.34. The van der Waals surface area contributed by atoms with E-state index in [2.05, 4.69) is 41.2 Å². The van der Waals surface area contributed by atoms with Crippen molar-refractivity contribution in [2.75, 3.05) is 32.7 Å². The van der Waals surface area contributed by atoms with E-state index in [1.807, 2.05) is 23.1 Å². The summed E-state index contributed by atoms with van der Waals surface area (Å²) < 4.78 is 1.76. The number of amides is 1. The molecule has 1 fully saturated rings. The standard InChI is InChI=1S/C19H27N5O/c1-3-4-10-22-11-13-23(14-12-22)19(25)18-15-24(21-20-18)16(2)17-8-6-5-7-9-17/h5-9,15-16H,3-4,10-14H2,1-2H3. The Hall–Kier alpha value is -2.21. The molecule has 2 heterocycles.